The molecule has 0 aliphatic heterocycles. The molecule has 0 aliphatic rings. The third kappa shape index (κ3) is 4.33. The lowest BCUT2D eigenvalue weighted by Gasteiger charge is -2.09. The molecular weight excluding hydrogens is 336 g/mol. The number of nitrogens with zero attached hydrogens (tertiary/aromatic N) is 2. The van der Waals surface area contributed by atoms with E-state index >= 15 is 0 Å². The lowest BCUT2D eigenvalue weighted by atomic mass is 10.1. The van der Waals surface area contributed by atoms with Crippen LogP contribution in [0.4, 0.5) is 11.6 Å². The molecule has 6 nitrogen and oxygen atoms in total. The zero-order valence-corrected chi connectivity index (χ0v) is 14.5. The van der Waals surface area contributed by atoms with Gasteiger partial charge in [-0.1, -0.05) is 42.5 Å². The Bertz CT molecular complexity index is 942. The first kappa shape index (κ1) is 16.9. The van der Waals surface area contributed by atoms with Gasteiger partial charge in [0.2, 0.25) is 0 Å². The summed E-state index contributed by atoms with van der Waals surface area (Å²) < 4.78 is 26.9. The SMILES string of the molecule is Cc1ccccc1CNc1ccc(NS(=O)(=O)c2ccccc2)nn1. The molecule has 0 fully saturated rings. The van der Waals surface area contributed by atoms with Crippen molar-refractivity contribution in [1.82, 2.24) is 10.2 Å². The Hall–Kier alpha value is -2.93. The van der Waals surface area contributed by atoms with Gasteiger partial charge in [0.25, 0.3) is 10.0 Å². The van der Waals surface area contributed by atoms with E-state index in [2.05, 4.69) is 20.2 Å². The number of sulfonamides is 1. The Balaban J connectivity index is 1.65. The molecule has 0 saturated carbocycles. The summed E-state index contributed by atoms with van der Waals surface area (Å²) in [6.07, 6.45) is 0. The highest BCUT2D eigenvalue weighted by Gasteiger charge is 2.14. The van der Waals surface area contributed by atoms with Gasteiger partial charge in [-0.05, 0) is 42.3 Å². The molecule has 0 amide bonds. The minimum Gasteiger partial charge on any atom is -0.364 e. The predicted octanol–water partition coefficient (Wildman–Crippen LogP) is 3.20. The highest BCUT2D eigenvalue weighted by Crippen LogP contribution is 2.15. The number of hydrogen-bond donors (Lipinski definition) is 2. The molecule has 3 rings (SSSR count). The second kappa shape index (κ2) is 7.31. The van der Waals surface area contributed by atoms with Crippen LogP contribution in [0.1, 0.15) is 11.1 Å². The van der Waals surface area contributed by atoms with Crippen LogP contribution in [0.3, 0.4) is 0 Å². The molecule has 0 radical (unpaired) electrons. The van der Waals surface area contributed by atoms with Gasteiger partial charge in [0, 0.05) is 6.54 Å². The summed E-state index contributed by atoms with van der Waals surface area (Å²) in [5.74, 6) is 0.746. The Kier molecular flexibility index (Phi) is 4.95. The number of aryl methyl sites for hydroxylation is 1. The van der Waals surface area contributed by atoms with Crippen LogP contribution in [0.25, 0.3) is 0 Å². The smallest absolute Gasteiger partial charge is 0.263 e. The molecule has 0 aliphatic carbocycles. The van der Waals surface area contributed by atoms with Gasteiger partial charge in [-0.25, -0.2) is 8.42 Å². The van der Waals surface area contributed by atoms with Crippen molar-refractivity contribution in [1.29, 1.82) is 0 Å². The van der Waals surface area contributed by atoms with E-state index in [0.717, 1.165) is 5.56 Å². The number of nitrogens with one attached hydrogen (secondary N) is 2. The summed E-state index contributed by atoms with van der Waals surface area (Å²) in [6, 6.07) is 19.5. The second-order valence-corrected chi connectivity index (χ2v) is 7.18. The summed E-state index contributed by atoms with van der Waals surface area (Å²) >= 11 is 0. The first-order chi connectivity index (χ1) is 12.0. The van der Waals surface area contributed by atoms with Gasteiger partial charge in [0.05, 0.1) is 4.90 Å². The monoisotopic (exact) mass is 354 g/mol. The minimum absolute atomic E-state index is 0.172. The topological polar surface area (TPSA) is 84.0 Å². The standard InChI is InChI=1S/C18H18N4O2S/c1-14-7-5-6-8-15(14)13-19-17-11-12-18(21-20-17)22-25(23,24)16-9-3-2-4-10-16/h2-12H,13H2,1H3,(H,19,20)(H,21,22). The van der Waals surface area contributed by atoms with Crippen molar-refractivity contribution in [2.45, 2.75) is 18.4 Å². The Labute approximate surface area is 147 Å². The van der Waals surface area contributed by atoms with E-state index < -0.39 is 10.0 Å². The van der Waals surface area contributed by atoms with Crippen LogP contribution in [0.5, 0.6) is 0 Å². The lowest BCUT2D eigenvalue weighted by Crippen LogP contribution is -2.14. The summed E-state index contributed by atoms with van der Waals surface area (Å²) in [5.41, 5.74) is 2.35. The average molecular weight is 354 g/mol. The average Bonchev–Trinajstić information content (AvgIpc) is 2.63. The number of aromatic nitrogens is 2. The summed E-state index contributed by atoms with van der Waals surface area (Å²) in [6.45, 7) is 2.67. The van der Waals surface area contributed by atoms with Crippen molar-refractivity contribution in [3.05, 3.63) is 77.9 Å². The quantitative estimate of drug-likeness (QED) is 0.710. The van der Waals surface area contributed by atoms with E-state index in [0.29, 0.717) is 12.4 Å². The molecule has 0 unspecified atom stereocenters. The summed E-state index contributed by atoms with van der Waals surface area (Å²) in [5, 5.41) is 11.1. The molecule has 2 aromatic carbocycles. The lowest BCUT2D eigenvalue weighted by molar-refractivity contribution is 0.601. The van der Waals surface area contributed by atoms with Crippen molar-refractivity contribution in [3.8, 4) is 0 Å². The van der Waals surface area contributed by atoms with Crippen LogP contribution in [-0.4, -0.2) is 18.6 Å². The summed E-state index contributed by atoms with van der Waals surface area (Å²) in [4.78, 5) is 0.179. The number of benzene rings is 2. The third-order valence-corrected chi connectivity index (χ3v) is 5.05. The molecule has 1 heterocycles. The van der Waals surface area contributed by atoms with E-state index in [1.807, 2.05) is 31.2 Å². The van der Waals surface area contributed by atoms with E-state index in [9.17, 15) is 8.42 Å². The van der Waals surface area contributed by atoms with Gasteiger partial charge < -0.3 is 5.32 Å². The molecule has 0 bridgehead atoms. The summed E-state index contributed by atoms with van der Waals surface area (Å²) in [7, 11) is -3.66. The first-order valence-corrected chi connectivity index (χ1v) is 9.23. The number of rotatable bonds is 6. The van der Waals surface area contributed by atoms with E-state index in [4.69, 9.17) is 0 Å². The molecule has 0 saturated heterocycles. The normalized spacial score (nSPS) is 11.1. The van der Waals surface area contributed by atoms with Crippen LogP contribution < -0.4 is 10.0 Å². The fourth-order valence-electron chi connectivity index (χ4n) is 2.27. The maximum Gasteiger partial charge on any atom is 0.263 e. The maximum atomic E-state index is 12.2. The van der Waals surface area contributed by atoms with Crippen LogP contribution in [-0.2, 0) is 16.6 Å². The molecule has 0 spiro atoms. The van der Waals surface area contributed by atoms with E-state index in [1.54, 1.807) is 30.3 Å². The molecule has 128 valence electrons. The molecule has 25 heavy (non-hydrogen) atoms. The van der Waals surface area contributed by atoms with Crippen molar-refractivity contribution in [2.24, 2.45) is 0 Å². The van der Waals surface area contributed by atoms with Crippen molar-refractivity contribution in [2.75, 3.05) is 10.0 Å². The largest absolute Gasteiger partial charge is 0.364 e. The van der Waals surface area contributed by atoms with E-state index in [1.165, 1.54) is 17.7 Å². The molecular formula is C18H18N4O2S. The van der Waals surface area contributed by atoms with Crippen LogP contribution >= 0.6 is 0 Å². The van der Waals surface area contributed by atoms with Gasteiger partial charge in [-0.3, -0.25) is 4.72 Å². The van der Waals surface area contributed by atoms with Crippen LogP contribution in [0, 0.1) is 6.92 Å². The van der Waals surface area contributed by atoms with Crippen LogP contribution in [0.2, 0.25) is 0 Å². The third-order valence-electron chi connectivity index (χ3n) is 3.68. The van der Waals surface area contributed by atoms with Crippen molar-refractivity contribution in [3.63, 3.8) is 0 Å². The fourth-order valence-corrected chi connectivity index (χ4v) is 3.29. The van der Waals surface area contributed by atoms with Crippen LogP contribution in [0.15, 0.2) is 71.6 Å². The minimum atomic E-state index is -3.66. The molecule has 2 N–H and O–H groups in total. The Morgan fingerprint density at radius 3 is 2.16 bits per heavy atom. The molecule has 7 heteroatoms. The number of anilines is 2. The number of hydrogen-bond acceptors (Lipinski definition) is 5. The highest BCUT2D eigenvalue weighted by atomic mass is 32.2. The first-order valence-electron chi connectivity index (χ1n) is 7.74. The molecule has 1 aromatic heterocycles. The van der Waals surface area contributed by atoms with Crippen molar-refractivity contribution >= 4 is 21.7 Å². The Morgan fingerprint density at radius 2 is 1.48 bits per heavy atom. The van der Waals surface area contributed by atoms with Gasteiger partial charge in [0.1, 0.15) is 5.82 Å². The predicted molar refractivity (Wildman–Crippen MR) is 97.8 cm³/mol. The zero-order valence-electron chi connectivity index (χ0n) is 13.7. The van der Waals surface area contributed by atoms with Gasteiger partial charge in [-0.15, -0.1) is 10.2 Å². The van der Waals surface area contributed by atoms with Crippen molar-refractivity contribution < 1.29 is 8.42 Å². The molecule has 0 atom stereocenters. The zero-order chi connectivity index (χ0) is 17.7. The maximum absolute atomic E-state index is 12.2. The van der Waals surface area contributed by atoms with E-state index in [-0.39, 0.29) is 10.7 Å². The molecule has 3 aromatic rings. The fraction of sp³-hybridized carbons (Fsp3) is 0.111. The van der Waals surface area contributed by atoms with Gasteiger partial charge in [-0.2, -0.15) is 0 Å². The second-order valence-electron chi connectivity index (χ2n) is 5.50. The highest BCUT2D eigenvalue weighted by molar-refractivity contribution is 7.92. The van der Waals surface area contributed by atoms with Gasteiger partial charge >= 0.3 is 0 Å². The Morgan fingerprint density at radius 1 is 0.840 bits per heavy atom. The van der Waals surface area contributed by atoms with Gasteiger partial charge in [0.15, 0.2) is 5.82 Å².